The van der Waals surface area contributed by atoms with Crippen molar-refractivity contribution in [2.45, 2.75) is 40.3 Å². The molecule has 1 aromatic carbocycles. The van der Waals surface area contributed by atoms with E-state index in [-0.39, 0.29) is 0 Å². The van der Waals surface area contributed by atoms with E-state index in [0.717, 1.165) is 17.9 Å². The largest absolute Gasteiger partial charge is 0.330 e. The van der Waals surface area contributed by atoms with Crippen molar-refractivity contribution in [3.63, 3.8) is 0 Å². The molecule has 0 atom stereocenters. The van der Waals surface area contributed by atoms with Crippen LogP contribution in [0.5, 0.6) is 0 Å². The van der Waals surface area contributed by atoms with Crippen LogP contribution in [0.25, 0.3) is 11.0 Å². The SMILES string of the molecule is Cn1c(CNC2C(C)(C)C2(C)C)nc2ccccc21. The standard InChI is InChI=1S/C16H23N3/c1-15(2)14(16(15,3)4)17-10-13-18-11-8-6-7-9-12(11)19(13)5/h6-9,14,17H,10H2,1-5H3. The van der Waals surface area contributed by atoms with Crippen LogP contribution >= 0.6 is 0 Å². The highest BCUT2D eigenvalue weighted by molar-refractivity contribution is 5.75. The van der Waals surface area contributed by atoms with Crippen molar-refractivity contribution < 1.29 is 0 Å². The second-order valence-electron chi connectivity index (χ2n) is 6.83. The van der Waals surface area contributed by atoms with Gasteiger partial charge in [-0.15, -0.1) is 0 Å². The van der Waals surface area contributed by atoms with E-state index >= 15 is 0 Å². The molecule has 0 aliphatic heterocycles. The number of para-hydroxylation sites is 2. The molecule has 3 rings (SSSR count). The first kappa shape index (κ1) is 12.7. The first-order valence-corrected chi connectivity index (χ1v) is 6.99. The van der Waals surface area contributed by atoms with E-state index < -0.39 is 0 Å². The minimum absolute atomic E-state index is 0.373. The highest BCUT2D eigenvalue weighted by Gasteiger charge is 2.64. The number of nitrogens with one attached hydrogen (secondary N) is 1. The topological polar surface area (TPSA) is 29.9 Å². The van der Waals surface area contributed by atoms with Crippen molar-refractivity contribution in [2.24, 2.45) is 17.9 Å². The number of hydrogen-bond donors (Lipinski definition) is 1. The van der Waals surface area contributed by atoms with Crippen LogP contribution in [-0.2, 0) is 13.6 Å². The normalized spacial score (nSPS) is 20.9. The summed E-state index contributed by atoms with van der Waals surface area (Å²) in [6, 6.07) is 8.87. The number of fused-ring (bicyclic) bond motifs is 1. The highest BCUT2D eigenvalue weighted by atomic mass is 15.1. The molecule has 1 saturated carbocycles. The smallest absolute Gasteiger partial charge is 0.123 e. The van der Waals surface area contributed by atoms with E-state index in [0.29, 0.717) is 16.9 Å². The van der Waals surface area contributed by atoms with Crippen LogP contribution in [0.15, 0.2) is 24.3 Å². The number of aryl methyl sites for hydroxylation is 1. The lowest BCUT2D eigenvalue weighted by atomic mass is 10.0. The summed E-state index contributed by atoms with van der Waals surface area (Å²) < 4.78 is 2.19. The Hall–Kier alpha value is -1.35. The number of rotatable bonds is 3. The minimum Gasteiger partial charge on any atom is -0.330 e. The van der Waals surface area contributed by atoms with E-state index in [1.54, 1.807) is 0 Å². The van der Waals surface area contributed by atoms with Crippen molar-refractivity contribution in [3.8, 4) is 0 Å². The molecule has 0 bridgehead atoms. The summed E-state index contributed by atoms with van der Waals surface area (Å²) in [5.41, 5.74) is 3.03. The Balaban J connectivity index is 1.79. The Labute approximate surface area is 115 Å². The summed E-state index contributed by atoms with van der Waals surface area (Å²) in [5, 5.41) is 3.67. The zero-order valence-electron chi connectivity index (χ0n) is 12.5. The summed E-state index contributed by atoms with van der Waals surface area (Å²) >= 11 is 0. The number of nitrogens with zero attached hydrogens (tertiary/aromatic N) is 2. The molecule has 0 amide bonds. The molecule has 3 heteroatoms. The summed E-state index contributed by atoms with van der Waals surface area (Å²) in [4.78, 5) is 4.71. The maximum Gasteiger partial charge on any atom is 0.123 e. The predicted octanol–water partition coefficient (Wildman–Crippen LogP) is 3.10. The molecule has 102 valence electrons. The zero-order chi connectivity index (χ0) is 13.8. The van der Waals surface area contributed by atoms with Gasteiger partial charge in [-0.25, -0.2) is 4.98 Å². The fraction of sp³-hybridized carbons (Fsp3) is 0.562. The van der Waals surface area contributed by atoms with E-state index in [4.69, 9.17) is 4.98 Å². The fourth-order valence-corrected chi connectivity index (χ4v) is 3.25. The van der Waals surface area contributed by atoms with Gasteiger partial charge >= 0.3 is 0 Å². The van der Waals surface area contributed by atoms with E-state index in [1.807, 2.05) is 6.07 Å². The molecule has 1 aromatic heterocycles. The van der Waals surface area contributed by atoms with Crippen molar-refractivity contribution in [1.29, 1.82) is 0 Å². The van der Waals surface area contributed by atoms with Crippen molar-refractivity contribution in [3.05, 3.63) is 30.1 Å². The fourth-order valence-electron chi connectivity index (χ4n) is 3.25. The van der Waals surface area contributed by atoms with Crippen LogP contribution in [0.4, 0.5) is 0 Å². The van der Waals surface area contributed by atoms with Gasteiger partial charge < -0.3 is 9.88 Å². The highest BCUT2D eigenvalue weighted by Crippen LogP contribution is 2.62. The number of hydrogen-bond acceptors (Lipinski definition) is 2. The van der Waals surface area contributed by atoms with Crippen molar-refractivity contribution in [1.82, 2.24) is 14.9 Å². The second kappa shape index (κ2) is 3.83. The summed E-state index contributed by atoms with van der Waals surface area (Å²) in [6.45, 7) is 10.2. The van der Waals surface area contributed by atoms with Crippen LogP contribution in [-0.4, -0.2) is 15.6 Å². The Morgan fingerprint density at radius 3 is 2.37 bits per heavy atom. The maximum absolute atomic E-state index is 4.71. The summed E-state index contributed by atoms with van der Waals surface area (Å²) in [5.74, 6) is 1.11. The average Bonchev–Trinajstić information content (AvgIpc) is 2.64. The van der Waals surface area contributed by atoms with Crippen LogP contribution in [0.3, 0.4) is 0 Å². The molecular formula is C16H23N3. The van der Waals surface area contributed by atoms with Gasteiger partial charge in [0.1, 0.15) is 5.82 Å². The second-order valence-corrected chi connectivity index (χ2v) is 6.83. The number of aromatic nitrogens is 2. The summed E-state index contributed by atoms with van der Waals surface area (Å²) in [7, 11) is 2.09. The van der Waals surface area contributed by atoms with Gasteiger partial charge in [-0.3, -0.25) is 0 Å². The third kappa shape index (κ3) is 1.71. The third-order valence-corrected chi connectivity index (χ3v) is 5.36. The van der Waals surface area contributed by atoms with Gasteiger partial charge in [0.05, 0.1) is 17.6 Å². The van der Waals surface area contributed by atoms with Crippen molar-refractivity contribution >= 4 is 11.0 Å². The quantitative estimate of drug-likeness (QED) is 0.915. The molecule has 0 unspecified atom stereocenters. The number of imidazole rings is 1. The van der Waals surface area contributed by atoms with Crippen molar-refractivity contribution in [2.75, 3.05) is 0 Å². The molecule has 0 radical (unpaired) electrons. The van der Waals surface area contributed by atoms with Crippen LogP contribution in [0.2, 0.25) is 0 Å². The molecule has 2 aromatic rings. The molecule has 1 heterocycles. The molecule has 1 N–H and O–H groups in total. The number of benzene rings is 1. The Bertz CT molecular complexity index is 608. The monoisotopic (exact) mass is 257 g/mol. The maximum atomic E-state index is 4.71. The molecule has 1 fully saturated rings. The molecule has 1 aliphatic rings. The van der Waals surface area contributed by atoms with Gasteiger partial charge in [0.25, 0.3) is 0 Å². The lowest BCUT2D eigenvalue weighted by Crippen LogP contribution is -2.23. The molecule has 19 heavy (non-hydrogen) atoms. The summed E-state index contributed by atoms with van der Waals surface area (Å²) in [6.07, 6.45) is 0. The Morgan fingerprint density at radius 2 is 1.79 bits per heavy atom. The molecule has 0 saturated heterocycles. The lowest BCUT2D eigenvalue weighted by Gasteiger charge is -2.06. The molecule has 1 aliphatic carbocycles. The Morgan fingerprint density at radius 1 is 1.16 bits per heavy atom. The molecular weight excluding hydrogens is 234 g/mol. The van der Waals surface area contributed by atoms with Gasteiger partial charge in [0, 0.05) is 13.1 Å². The zero-order valence-corrected chi connectivity index (χ0v) is 12.5. The van der Waals surface area contributed by atoms with Crippen LogP contribution in [0, 0.1) is 10.8 Å². The minimum atomic E-state index is 0.373. The van der Waals surface area contributed by atoms with E-state index in [2.05, 4.69) is 62.8 Å². The average molecular weight is 257 g/mol. The predicted molar refractivity (Wildman–Crippen MR) is 78.9 cm³/mol. The van der Waals surface area contributed by atoms with E-state index in [9.17, 15) is 0 Å². The third-order valence-electron chi connectivity index (χ3n) is 5.36. The molecule has 0 spiro atoms. The lowest BCUT2D eigenvalue weighted by molar-refractivity contribution is 0.457. The van der Waals surface area contributed by atoms with Gasteiger partial charge in [0.15, 0.2) is 0 Å². The van der Waals surface area contributed by atoms with Gasteiger partial charge in [-0.05, 0) is 23.0 Å². The first-order valence-electron chi connectivity index (χ1n) is 6.99. The van der Waals surface area contributed by atoms with Crippen LogP contribution in [0.1, 0.15) is 33.5 Å². The van der Waals surface area contributed by atoms with Gasteiger partial charge in [-0.2, -0.15) is 0 Å². The molecule has 3 nitrogen and oxygen atoms in total. The van der Waals surface area contributed by atoms with Gasteiger partial charge in [-0.1, -0.05) is 39.8 Å². The Kier molecular flexibility index (Phi) is 2.55. The van der Waals surface area contributed by atoms with Crippen LogP contribution < -0.4 is 5.32 Å². The van der Waals surface area contributed by atoms with E-state index in [1.165, 1.54) is 5.52 Å². The van der Waals surface area contributed by atoms with Gasteiger partial charge in [0.2, 0.25) is 0 Å². The first-order chi connectivity index (χ1) is 8.85.